The van der Waals surface area contributed by atoms with Crippen LogP contribution < -0.4 is 14.8 Å². The summed E-state index contributed by atoms with van der Waals surface area (Å²) in [7, 11) is 3.30. The monoisotopic (exact) mass is 501 g/mol. The van der Waals surface area contributed by atoms with Gasteiger partial charge in [0.2, 0.25) is 0 Å². The van der Waals surface area contributed by atoms with Gasteiger partial charge in [0.1, 0.15) is 30.0 Å². The molecule has 0 saturated heterocycles. The number of anilines is 2. The lowest BCUT2D eigenvalue weighted by Crippen LogP contribution is -2.01. The molecule has 3 aromatic heterocycles. The van der Waals surface area contributed by atoms with Crippen molar-refractivity contribution < 1.29 is 9.47 Å². The summed E-state index contributed by atoms with van der Waals surface area (Å²) in [5.74, 6) is 2.83. The van der Waals surface area contributed by atoms with Crippen molar-refractivity contribution in [1.29, 1.82) is 0 Å². The Bertz CT molecular complexity index is 1750. The SMILES string of the molecule is COc1ccccc1-c1cc(Nc2ccc3c(cnn3-c3cc(-c4ccccc4OC)ncn3)c2)ncn1. The molecule has 6 aromatic rings. The molecule has 186 valence electrons. The summed E-state index contributed by atoms with van der Waals surface area (Å²) in [6.45, 7) is 0. The molecule has 6 rings (SSSR count). The van der Waals surface area contributed by atoms with Gasteiger partial charge in [-0.3, -0.25) is 0 Å². The van der Waals surface area contributed by atoms with Crippen molar-refractivity contribution in [3.8, 4) is 39.8 Å². The van der Waals surface area contributed by atoms with Crippen LogP contribution in [0.4, 0.5) is 11.5 Å². The fraction of sp³-hybridized carbons (Fsp3) is 0.0690. The van der Waals surface area contributed by atoms with Gasteiger partial charge in [-0.15, -0.1) is 0 Å². The second-order valence-electron chi connectivity index (χ2n) is 8.41. The number of nitrogens with one attached hydrogen (secondary N) is 1. The smallest absolute Gasteiger partial charge is 0.158 e. The number of hydrogen-bond donors (Lipinski definition) is 1. The van der Waals surface area contributed by atoms with Crippen LogP contribution in [0.25, 0.3) is 39.2 Å². The number of nitrogens with zero attached hydrogens (tertiary/aromatic N) is 6. The van der Waals surface area contributed by atoms with Crippen molar-refractivity contribution in [3.05, 3.63) is 97.7 Å². The molecule has 1 N–H and O–H groups in total. The van der Waals surface area contributed by atoms with Gasteiger partial charge in [-0.2, -0.15) is 5.10 Å². The van der Waals surface area contributed by atoms with Gasteiger partial charge in [-0.1, -0.05) is 24.3 Å². The molecule has 0 spiro atoms. The van der Waals surface area contributed by atoms with E-state index in [1.165, 1.54) is 12.7 Å². The molecule has 0 amide bonds. The third-order valence-electron chi connectivity index (χ3n) is 6.14. The highest BCUT2D eigenvalue weighted by Gasteiger charge is 2.12. The Morgan fingerprint density at radius 3 is 2.05 bits per heavy atom. The van der Waals surface area contributed by atoms with Gasteiger partial charge >= 0.3 is 0 Å². The minimum absolute atomic E-state index is 0.661. The maximum absolute atomic E-state index is 5.50. The Kier molecular flexibility index (Phi) is 6.07. The Hall–Kier alpha value is -5.31. The van der Waals surface area contributed by atoms with E-state index in [1.54, 1.807) is 18.9 Å². The summed E-state index contributed by atoms with van der Waals surface area (Å²) in [6.07, 6.45) is 4.88. The Morgan fingerprint density at radius 1 is 0.684 bits per heavy atom. The zero-order chi connectivity index (χ0) is 25.9. The van der Waals surface area contributed by atoms with Gasteiger partial charge < -0.3 is 14.8 Å². The van der Waals surface area contributed by atoms with Crippen molar-refractivity contribution in [2.75, 3.05) is 19.5 Å². The number of methoxy groups -OCH3 is 2. The first-order valence-corrected chi connectivity index (χ1v) is 11.9. The molecule has 9 heteroatoms. The van der Waals surface area contributed by atoms with E-state index < -0.39 is 0 Å². The van der Waals surface area contributed by atoms with Crippen molar-refractivity contribution in [2.24, 2.45) is 0 Å². The minimum Gasteiger partial charge on any atom is -0.496 e. The highest BCUT2D eigenvalue weighted by atomic mass is 16.5. The number of rotatable bonds is 7. The van der Waals surface area contributed by atoms with Crippen molar-refractivity contribution in [2.45, 2.75) is 0 Å². The second kappa shape index (κ2) is 9.98. The van der Waals surface area contributed by atoms with Crippen LogP contribution in [0.3, 0.4) is 0 Å². The first kappa shape index (κ1) is 23.1. The summed E-state index contributed by atoms with van der Waals surface area (Å²) in [6, 6.07) is 25.3. The van der Waals surface area contributed by atoms with E-state index in [9.17, 15) is 0 Å². The fourth-order valence-electron chi connectivity index (χ4n) is 4.34. The molecular weight excluding hydrogens is 478 g/mol. The zero-order valence-corrected chi connectivity index (χ0v) is 20.7. The molecular formula is C29H23N7O2. The van der Waals surface area contributed by atoms with Crippen LogP contribution >= 0.6 is 0 Å². The number of ether oxygens (including phenoxy) is 2. The van der Waals surface area contributed by atoms with Crippen LogP contribution in [-0.4, -0.2) is 43.9 Å². The van der Waals surface area contributed by atoms with E-state index in [0.29, 0.717) is 11.6 Å². The standard InChI is InChI=1S/C29H23N7O2/c1-37-26-9-5-3-7-21(26)23-14-28(32-17-30-23)35-20-11-12-25-19(13-20)16-34-36(25)29-15-24(31-18-33-29)22-8-4-6-10-27(22)38-2/h3-18H,1-2H3,(H,30,32,35). The predicted octanol–water partition coefficient (Wildman–Crippen LogP) is 5.70. The van der Waals surface area contributed by atoms with Gasteiger partial charge in [0.15, 0.2) is 5.82 Å². The third-order valence-corrected chi connectivity index (χ3v) is 6.14. The van der Waals surface area contributed by atoms with E-state index in [2.05, 4.69) is 30.4 Å². The van der Waals surface area contributed by atoms with E-state index in [1.807, 2.05) is 85.1 Å². The molecule has 3 heterocycles. The van der Waals surface area contributed by atoms with Gasteiger partial charge in [-0.25, -0.2) is 24.6 Å². The summed E-state index contributed by atoms with van der Waals surface area (Å²) in [5, 5.41) is 8.91. The minimum atomic E-state index is 0.661. The lowest BCUT2D eigenvalue weighted by atomic mass is 10.1. The van der Waals surface area contributed by atoms with E-state index in [-0.39, 0.29) is 0 Å². The number of fused-ring (bicyclic) bond motifs is 1. The highest BCUT2D eigenvalue weighted by molar-refractivity contribution is 5.85. The van der Waals surface area contributed by atoms with E-state index in [4.69, 9.17) is 9.47 Å². The number of hydrogen-bond acceptors (Lipinski definition) is 8. The molecule has 3 aromatic carbocycles. The number of para-hydroxylation sites is 2. The van der Waals surface area contributed by atoms with Crippen LogP contribution in [0.1, 0.15) is 0 Å². The van der Waals surface area contributed by atoms with Crippen LogP contribution in [0.5, 0.6) is 11.5 Å². The average molecular weight is 502 g/mol. The van der Waals surface area contributed by atoms with Crippen LogP contribution in [0, 0.1) is 0 Å². The summed E-state index contributed by atoms with van der Waals surface area (Å²) in [4.78, 5) is 17.7. The number of benzene rings is 3. The van der Waals surface area contributed by atoms with Crippen LogP contribution in [-0.2, 0) is 0 Å². The topological polar surface area (TPSA) is 99.9 Å². The largest absolute Gasteiger partial charge is 0.496 e. The highest BCUT2D eigenvalue weighted by Crippen LogP contribution is 2.31. The van der Waals surface area contributed by atoms with Crippen LogP contribution in [0.2, 0.25) is 0 Å². The van der Waals surface area contributed by atoms with E-state index >= 15 is 0 Å². The Morgan fingerprint density at radius 2 is 1.34 bits per heavy atom. The molecule has 38 heavy (non-hydrogen) atoms. The van der Waals surface area contributed by atoms with Crippen molar-refractivity contribution in [3.63, 3.8) is 0 Å². The molecule has 0 unspecified atom stereocenters. The molecule has 0 bridgehead atoms. The summed E-state index contributed by atoms with van der Waals surface area (Å²) in [5.41, 5.74) is 5.10. The maximum Gasteiger partial charge on any atom is 0.158 e. The quantitative estimate of drug-likeness (QED) is 0.297. The second-order valence-corrected chi connectivity index (χ2v) is 8.41. The van der Waals surface area contributed by atoms with Crippen molar-refractivity contribution in [1.82, 2.24) is 29.7 Å². The normalized spacial score (nSPS) is 10.9. The molecule has 9 nitrogen and oxygen atoms in total. The fourth-order valence-corrected chi connectivity index (χ4v) is 4.34. The maximum atomic E-state index is 5.50. The molecule has 0 aliphatic carbocycles. The van der Waals surface area contributed by atoms with Gasteiger partial charge in [0.25, 0.3) is 0 Å². The van der Waals surface area contributed by atoms with Gasteiger partial charge in [0, 0.05) is 34.3 Å². The lowest BCUT2D eigenvalue weighted by Gasteiger charge is -2.10. The predicted molar refractivity (Wildman–Crippen MR) is 146 cm³/mol. The molecule has 0 aliphatic rings. The van der Waals surface area contributed by atoms with E-state index in [0.717, 1.165) is 50.6 Å². The first-order valence-electron chi connectivity index (χ1n) is 11.9. The zero-order valence-electron chi connectivity index (χ0n) is 20.7. The van der Waals surface area contributed by atoms with Gasteiger partial charge in [-0.05, 0) is 42.5 Å². The summed E-state index contributed by atoms with van der Waals surface area (Å²) >= 11 is 0. The molecule has 0 saturated carbocycles. The Balaban J connectivity index is 1.29. The lowest BCUT2D eigenvalue weighted by molar-refractivity contribution is 0.416. The molecule has 0 radical (unpaired) electrons. The van der Waals surface area contributed by atoms with Crippen molar-refractivity contribution >= 4 is 22.4 Å². The Labute approximate surface area is 218 Å². The van der Waals surface area contributed by atoms with Crippen LogP contribution in [0.15, 0.2) is 97.7 Å². The average Bonchev–Trinajstić information content (AvgIpc) is 3.40. The number of aromatic nitrogens is 6. The molecule has 0 atom stereocenters. The first-order chi connectivity index (χ1) is 18.7. The molecule has 0 fully saturated rings. The summed E-state index contributed by atoms with van der Waals surface area (Å²) < 4.78 is 12.8. The van der Waals surface area contributed by atoms with Gasteiger partial charge in [0.05, 0.1) is 37.3 Å². The molecule has 0 aliphatic heterocycles. The third kappa shape index (κ3) is 4.37.